The number of nitrogens with two attached hydrogens (primary N) is 2. The predicted molar refractivity (Wildman–Crippen MR) is 158 cm³/mol. The third-order valence-electron chi connectivity index (χ3n) is 5.68. The van der Waals surface area contributed by atoms with Gasteiger partial charge in [-0.1, -0.05) is 0 Å². The molecule has 0 aliphatic carbocycles. The molecule has 0 saturated heterocycles. The summed E-state index contributed by atoms with van der Waals surface area (Å²) in [6.45, 7) is 0.799. The number of imidazole rings is 2. The molecule has 1 unspecified atom stereocenters. The van der Waals surface area contributed by atoms with Crippen molar-refractivity contribution in [1.29, 1.82) is 0 Å². The van der Waals surface area contributed by atoms with E-state index in [4.69, 9.17) is 11.5 Å². The summed E-state index contributed by atoms with van der Waals surface area (Å²) >= 11 is 13.4. The number of rotatable bonds is 11. The Hall–Kier alpha value is -2.56. The predicted octanol–water partition coefficient (Wildman–Crippen LogP) is 4.32. The Labute approximate surface area is 250 Å². The van der Waals surface area contributed by atoms with Gasteiger partial charge < -0.3 is 42.0 Å². The molecule has 10 N–H and O–H groups in total. The number of nitrogens with one attached hydrogen (secondary N) is 6. The van der Waals surface area contributed by atoms with Gasteiger partial charge in [0.25, 0.3) is 11.8 Å². The van der Waals surface area contributed by atoms with E-state index in [2.05, 4.69) is 104 Å². The zero-order valence-electron chi connectivity index (χ0n) is 19.7. The Morgan fingerprint density at radius 2 is 1.47 bits per heavy atom. The van der Waals surface area contributed by atoms with Crippen LogP contribution in [0.3, 0.4) is 0 Å². The molecule has 12 nitrogen and oxygen atoms in total. The van der Waals surface area contributed by atoms with E-state index in [9.17, 15) is 9.59 Å². The summed E-state index contributed by atoms with van der Waals surface area (Å²) in [6.07, 6.45) is 3.40. The topological polar surface area (TPSA) is 199 Å². The quantitative estimate of drug-likeness (QED) is 0.104. The molecule has 1 atom stereocenters. The fourth-order valence-corrected chi connectivity index (χ4v) is 6.48. The SMILES string of the molecule is Nc1ncc(C(CCNC(=O)c2[nH]c(Br)cc2Br)c2nc(N)[nH]c2CCCNC(=O)c2[nH]c(Br)cc2Br)[nH]1. The Bertz CT molecular complexity index is 1440. The van der Waals surface area contributed by atoms with Crippen LogP contribution in [-0.2, 0) is 6.42 Å². The van der Waals surface area contributed by atoms with Crippen LogP contribution in [0.1, 0.15) is 56.8 Å². The van der Waals surface area contributed by atoms with Crippen molar-refractivity contribution in [2.75, 3.05) is 24.6 Å². The Morgan fingerprint density at radius 1 is 0.868 bits per heavy atom. The molecule has 0 fully saturated rings. The number of hydrogen-bond donors (Lipinski definition) is 8. The van der Waals surface area contributed by atoms with Crippen LogP contribution in [0, 0.1) is 0 Å². The fourth-order valence-electron chi connectivity index (χ4n) is 3.99. The monoisotopic (exact) mass is 776 g/mol. The van der Waals surface area contributed by atoms with E-state index in [0.29, 0.717) is 61.9 Å². The van der Waals surface area contributed by atoms with Crippen molar-refractivity contribution in [3.05, 3.63) is 65.0 Å². The smallest absolute Gasteiger partial charge is 0.268 e. The molecule has 0 saturated carbocycles. The Balaban J connectivity index is 1.42. The summed E-state index contributed by atoms with van der Waals surface area (Å²) in [6, 6.07) is 3.54. The molecule has 0 spiro atoms. The lowest BCUT2D eigenvalue weighted by atomic mass is 9.95. The standard InChI is InChI=1S/C22H24Br4N10O2/c23-10-6-14(25)34-17(10)19(37)29-4-1-2-12-16(36-22(28)32-12)9(13-8-31-21(27)33-13)3-5-30-20(38)18-11(24)7-15(26)35-18/h6-9,34-35H,1-5H2,(H,29,37)(H,30,38)(H3,27,31,33)(H3,28,32,36). The zero-order chi connectivity index (χ0) is 27.4. The third kappa shape index (κ3) is 6.90. The highest BCUT2D eigenvalue weighted by Crippen LogP contribution is 2.30. The Kier molecular flexibility index (Phi) is 9.38. The summed E-state index contributed by atoms with van der Waals surface area (Å²) < 4.78 is 2.74. The number of aromatic nitrogens is 6. The highest BCUT2D eigenvalue weighted by molar-refractivity contribution is 9.11. The number of anilines is 2. The van der Waals surface area contributed by atoms with E-state index in [1.165, 1.54) is 0 Å². The van der Waals surface area contributed by atoms with Gasteiger partial charge in [0.15, 0.2) is 11.9 Å². The highest BCUT2D eigenvalue weighted by atomic mass is 79.9. The zero-order valence-corrected chi connectivity index (χ0v) is 26.1. The first-order valence-corrected chi connectivity index (χ1v) is 14.6. The van der Waals surface area contributed by atoms with Crippen LogP contribution >= 0.6 is 63.7 Å². The number of aryl methyl sites for hydroxylation is 1. The molecule has 4 aromatic rings. The molecule has 38 heavy (non-hydrogen) atoms. The molecule has 16 heteroatoms. The molecule has 0 bridgehead atoms. The van der Waals surface area contributed by atoms with Gasteiger partial charge in [-0.05, 0) is 95.1 Å². The van der Waals surface area contributed by atoms with E-state index >= 15 is 0 Å². The van der Waals surface area contributed by atoms with Crippen LogP contribution in [0.15, 0.2) is 36.5 Å². The molecule has 4 rings (SSSR count). The van der Waals surface area contributed by atoms with Crippen molar-refractivity contribution in [3.63, 3.8) is 0 Å². The number of nitrogens with zero attached hydrogens (tertiary/aromatic N) is 2. The minimum absolute atomic E-state index is 0.214. The molecule has 0 aliphatic rings. The van der Waals surface area contributed by atoms with Crippen LogP contribution in [0.4, 0.5) is 11.9 Å². The summed E-state index contributed by atoms with van der Waals surface area (Å²) in [5.74, 6) is -0.160. The largest absolute Gasteiger partial charge is 0.369 e. The second-order valence-corrected chi connectivity index (χ2v) is 11.8. The molecule has 0 radical (unpaired) electrons. The maximum absolute atomic E-state index is 12.6. The molecular formula is C22H24Br4N10O2. The number of nitrogen functional groups attached to an aromatic ring is 2. The number of amides is 2. The third-order valence-corrected chi connectivity index (χ3v) is 7.79. The Morgan fingerprint density at radius 3 is 2.00 bits per heavy atom. The first kappa shape index (κ1) is 28.4. The van der Waals surface area contributed by atoms with E-state index < -0.39 is 0 Å². The number of aromatic amines is 4. The van der Waals surface area contributed by atoms with Crippen molar-refractivity contribution < 1.29 is 9.59 Å². The summed E-state index contributed by atoms with van der Waals surface area (Å²) in [4.78, 5) is 45.9. The lowest BCUT2D eigenvalue weighted by Gasteiger charge is -2.16. The number of carbonyl (C=O) groups is 2. The van der Waals surface area contributed by atoms with Gasteiger partial charge in [0.1, 0.15) is 11.4 Å². The van der Waals surface area contributed by atoms with Gasteiger partial charge in [-0.2, -0.15) is 0 Å². The van der Waals surface area contributed by atoms with Crippen molar-refractivity contribution in [3.8, 4) is 0 Å². The van der Waals surface area contributed by atoms with Crippen LogP contribution < -0.4 is 22.1 Å². The molecule has 2 amide bonds. The van der Waals surface area contributed by atoms with E-state index in [1.807, 2.05) is 0 Å². The van der Waals surface area contributed by atoms with Crippen LogP contribution in [0.2, 0.25) is 0 Å². The lowest BCUT2D eigenvalue weighted by Crippen LogP contribution is -2.27. The molecule has 0 aliphatic heterocycles. The lowest BCUT2D eigenvalue weighted by molar-refractivity contribution is 0.0939. The van der Waals surface area contributed by atoms with Crippen molar-refractivity contribution >= 4 is 87.4 Å². The maximum Gasteiger partial charge on any atom is 0.268 e. The second kappa shape index (κ2) is 12.5. The van der Waals surface area contributed by atoms with Crippen molar-refractivity contribution in [2.24, 2.45) is 0 Å². The second-order valence-electron chi connectivity index (χ2n) is 8.35. The van der Waals surface area contributed by atoms with Crippen molar-refractivity contribution in [1.82, 2.24) is 40.5 Å². The van der Waals surface area contributed by atoms with E-state index in [-0.39, 0.29) is 29.6 Å². The number of H-pyrrole nitrogens is 4. The number of hydrogen-bond acceptors (Lipinski definition) is 6. The maximum atomic E-state index is 12.6. The normalized spacial score (nSPS) is 12.0. The minimum Gasteiger partial charge on any atom is -0.369 e. The van der Waals surface area contributed by atoms with E-state index in [0.717, 1.165) is 17.1 Å². The van der Waals surface area contributed by atoms with Gasteiger partial charge in [0.2, 0.25) is 0 Å². The summed E-state index contributed by atoms with van der Waals surface area (Å²) in [5, 5.41) is 5.83. The fraction of sp³-hybridized carbons (Fsp3) is 0.273. The minimum atomic E-state index is -0.260. The van der Waals surface area contributed by atoms with Crippen LogP contribution in [-0.4, -0.2) is 54.8 Å². The van der Waals surface area contributed by atoms with Gasteiger partial charge in [0.05, 0.1) is 21.1 Å². The number of halogens is 4. The summed E-state index contributed by atoms with van der Waals surface area (Å²) in [7, 11) is 0. The first-order valence-electron chi connectivity index (χ1n) is 11.4. The average molecular weight is 780 g/mol. The molecule has 4 aromatic heterocycles. The van der Waals surface area contributed by atoms with Gasteiger partial charge in [0, 0.05) is 39.3 Å². The van der Waals surface area contributed by atoms with Crippen molar-refractivity contribution in [2.45, 2.75) is 25.2 Å². The highest BCUT2D eigenvalue weighted by Gasteiger charge is 2.24. The number of carbonyl (C=O) groups excluding carboxylic acids is 2. The molecule has 4 heterocycles. The van der Waals surface area contributed by atoms with Gasteiger partial charge in [-0.25, -0.2) is 9.97 Å². The van der Waals surface area contributed by atoms with E-state index in [1.54, 1.807) is 18.3 Å². The molecular weight excluding hydrogens is 756 g/mol. The average Bonchev–Trinajstić information content (AvgIpc) is 3.61. The van der Waals surface area contributed by atoms with Crippen LogP contribution in [0.5, 0.6) is 0 Å². The molecule has 0 aromatic carbocycles. The van der Waals surface area contributed by atoms with Gasteiger partial charge in [-0.15, -0.1) is 0 Å². The van der Waals surface area contributed by atoms with Gasteiger partial charge >= 0.3 is 0 Å². The van der Waals surface area contributed by atoms with Gasteiger partial charge in [-0.3, -0.25) is 9.59 Å². The van der Waals surface area contributed by atoms with Crippen LogP contribution in [0.25, 0.3) is 0 Å². The summed E-state index contributed by atoms with van der Waals surface area (Å²) in [5.41, 5.74) is 15.1. The molecule has 202 valence electrons. The first-order chi connectivity index (χ1) is 18.1.